The molecule has 3 aromatic carbocycles. The molecule has 7 heteroatoms. The van der Waals surface area contributed by atoms with Gasteiger partial charge in [0.05, 0.1) is 16.6 Å². The second kappa shape index (κ2) is 9.13. The summed E-state index contributed by atoms with van der Waals surface area (Å²) in [6.07, 6.45) is 1.61. The molecule has 0 atom stereocenters. The van der Waals surface area contributed by atoms with Crippen molar-refractivity contribution >= 4 is 33.3 Å². The number of halogens is 2. The van der Waals surface area contributed by atoms with Gasteiger partial charge in [0, 0.05) is 22.2 Å². The molecule has 0 bridgehead atoms. The van der Waals surface area contributed by atoms with Crippen LogP contribution in [0, 0.1) is 27.3 Å². The Labute approximate surface area is 175 Å². The maximum Gasteiger partial charge on any atom is 0.270 e. The van der Waals surface area contributed by atoms with Gasteiger partial charge in [-0.05, 0) is 47.5 Å². The van der Waals surface area contributed by atoms with Gasteiger partial charge >= 0.3 is 0 Å². The average molecular weight is 453 g/mol. The average Bonchev–Trinajstić information content (AvgIpc) is 2.72. The first-order valence-corrected chi connectivity index (χ1v) is 9.29. The normalized spacial score (nSPS) is 11.0. The van der Waals surface area contributed by atoms with Crippen LogP contribution >= 0.6 is 15.9 Å². The Balaban J connectivity index is 1.93. The first kappa shape index (κ1) is 20.2. The van der Waals surface area contributed by atoms with Crippen LogP contribution in [0.15, 0.2) is 71.2 Å². The molecular weight excluding hydrogens is 439 g/mol. The molecule has 0 spiro atoms. The van der Waals surface area contributed by atoms with Crippen LogP contribution in [-0.2, 0) is 6.61 Å². The lowest BCUT2D eigenvalue weighted by Gasteiger charge is -2.11. The molecule has 0 unspecified atom stereocenters. The lowest BCUT2D eigenvalue weighted by molar-refractivity contribution is -0.384. The van der Waals surface area contributed by atoms with E-state index in [-0.39, 0.29) is 23.7 Å². The van der Waals surface area contributed by atoms with E-state index in [1.54, 1.807) is 42.5 Å². The van der Waals surface area contributed by atoms with Crippen molar-refractivity contribution in [3.05, 3.63) is 104 Å². The number of rotatable bonds is 6. The molecule has 0 radical (unpaired) electrons. The van der Waals surface area contributed by atoms with Crippen molar-refractivity contribution in [1.82, 2.24) is 0 Å². The van der Waals surface area contributed by atoms with E-state index in [0.29, 0.717) is 16.9 Å². The minimum Gasteiger partial charge on any atom is -0.488 e. The maximum absolute atomic E-state index is 13.1. The van der Waals surface area contributed by atoms with Gasteiger partial charge in [-0.3, -0.25) is 10.1 Å². The van der Waals surface area contributed by atoms with E-state index in [9.17, 15) is 19.8 Å². The summed E-state index contributed by atoms with van der Waals surface area (Å²) < 4.78 is 19.7. The number of hydrogen-bond acceptors (Lipinski definition) is 4. The van der Waals surface area contributed by atoms with E-state index in [2.05, 4.69) is 22.0 Å². The minimum atomic E-state index is -0.505. The predicted octanol–water partition coefficient (Wildman–Crippen LogP) is 6.14. The quantitative estimate of drug-likeness (QED) is 0.195. The van der Waals surface area contributed by atoms with Gasteiger partial charge in [0.15, 0.2) is 0 Å². The van der Waals surface area contributed by atoms with E-state index in [1.807, 2.05) is 0 Å². The fraction of sp³-hybridized carbons (Fsp3) is 0.0455. The molecule has 5 nitrogen and oxygen atoms in total. The minimum absolute atomic E-state index is 0.0920. The highest BCUT2D eigenvalue weighted by Gasteiger charge is 2.11. The van der Waals surface area contributed by atoms with Crippen molar-refractivity contribution in [2.75, 3.05) is 0 Å². The van der Waals surface area contributed by atoms with E-state index in [4.69, 9.17) is 4.74 Å². The smallest absolute Gasteiger partial charge is 0.270 e. The molecule has 144 valence electrons. The van der Waals surface area contributed by atoms with Crippen LogP contribution in [0.1, 0.15) is 16.7 Å². The number of hydrogen-bond donors (Lipinski definition) is 0. The Kier molecular flexibility index (Phi) is 6.37. The summed E-state index contributed by atoms with van der Waals surface area (Å²) in [6, 6.07) is 19.3. The number of non-ortho nitro benzene ring substituents is 1. The lowest BCUT2D eigenvalue weighted by Crippen LogP contribution is -1.97. The fourth-order valence-electron chi connectivity index (χ4n) is 2.63. The predicted molar refractivity (Wildman–Crippen MR) is 111 cm³/mol. The summed E-state index contributed by atoms with van der Waals surface area (Å²) in [4.78, 5) is 10.5. The van der Waals surface area contributed by atoms with Gasteiger partial charge in [-0.15, -0.1) is 0 Å². The number of nitrogens with zero attached hydrogens (tertiary/aromatic N) is 2. The Morgan fingerprint density at radius 1 is 1.17 bits per heavy atom. The van der Waals surface area contributed by atoms with E-state index in [0.717, 1.165) is 10.0 Å². The van der Waals surface area contributed by atoms with Crippen molar-refractivity contribution in [3.63, 3.8) is 0 Å². The van der Waals surface area contributed by atoms with Gasteiger partial charge in [-0.2, -0.15) is 5.26 Å². The van der Waals surface area contributed by atoms with Gasteiger partial charge in [0.25, 0.3) is 5.69 Å². The second-order valence-electron chi connectivity index (χ2n) is 6.07. The van der Waals surface area contributed by atoms with Crippen LogP contribution < -0.4 is 4.74 Å². The number of allylic oxidation sites excluding steroid dienone is 1. The summed E-state index contributed by atoms with van der Waals surface area (Å²) >= 11 is 3.40. The van der Waals surface area contributed by atoms with Gasteiger partial charge in [-0.25, -0.2) is 4.39 Å². The first-order valence-electron chi connectivity index (χ1n) is 8.49. The third-order valence-electron chi connectivity index (χ3n) is 4.07. The molecule has 0 aliphatic heterocycles. The SMILES string of the molecule is N#C/C(=C/c1cc(Br)ccc1OCc1ccc(F)cc1)c1cccc([N+](=O)[O-])c1. The van der Waals surface area contributed by atoms with Crippen LogP contribution in [0.4, 0.5) is 10.1 Å². The Morgan fingerprint density at radius 3 is 2.62 bits per heavy atom. The highest BCUT2D eigenvalue weighted by Crippen LogP contribution is 2.29. The van der Waals surface area contributed by atoms with Crippen molar-refractivity contribution in [1.29, 1.82) is 5.26 Å². The van der Waals surface area contributed by atoms with Crippen molar-refractivity contribution in [2.24, 2.45) is 0 Å². The topological polar surface area (TPSA) is 76.2 Å². The molecule has 0 aliphatic rings. The molecule has 3 aromatic rings. The zero-order chi connectivity index (χ0) is 20.8. The van der Waals surface area contributed by atoms with Crippen LogP contribution in [-0.4, -0.2) is 4.92 Å². The highest BCUT2D eigenvalue weighted by atomic mass is 79.9. The van der Waals surface area contributed by atoms with E-state index in [1.165, 1.54) is 30.3 Å². The van der Waals surface area contributed by atoms with E-state index < -0.39 is 4.92 Å². The monoisotopic (exact) mass is 452 g/mol. The van der Waals surface area contributed by atoms with Crippen LogP contribution in [0.3, 0.4) is 0 Å². The van der Waals surface area contributed by atoms with Crippen molar-refractivity contribution < 1.29 is 14.1 Å². The highest BCUT2D eigenvalue weighted by molar-refractivity contribution is 9.10. The van der Waals surface area contributed by atoms with Gasteiger partial charge in [0.2, 0.25) is 0 Å². The molecule has 3 rings (SSSR count). The first-order chi connectivity index (χ1) is 14.0. The van der Waals surface area contributed by atoms with E-state index >= 15 is 0 Å². The number of ether oxygens (including phenoxy) is 1. The Bertz CT molecular complexity index is 1120. The molecule has 0 heterocycles. The summed E-state index contributed by atoms with van der Waals surface area (Å²) in [5.41, 5.74) is 2.03. The summed E-state index contributed by atoms with van der Waals surface area (Å²) in [5, 5.41) is 20.6. The van der Waals surface area contributed by atoms with Gasteiger partial charge < -0.3 is 4.74 Å². The third kappa shape index (κ3) is 5.27. The molecule has 0 N–H and O–H groups in total. The largest absolute Gasteiger partial charge is 0.488 e. The fourth-order valence-corrected chi connectivity index (χ4v) is 3.01. The summed E-state index contributed by atoms with van der Waals surface area (Å²) in [5.74, 6) is 0.201. The van der Waals surface area contributed by atoms with Gasteiger partial charge in [-0.1, -0.05) is 40.2 Å². The Hall–Kier alpha value is -3.50. The van der Waals surface area contributed by atoms with Crippen LogP contribution in [0.25, 0.3) is 11.6 Å². The zero-order valence-corrected chi connectivity index (χ0v) is 16.6. The number of benzene rings is 3. The molecule has 0 fully saturated rings. The van der Waals surface area contributed by atoms with Crippen molar-refractivity contribution in [2.45, 2.75) is 6.61 Å². The maximum atomic E-state index is 13.1. The molecule has 0 aliphatic carbocycles. The number of nitriles is 1. The van der Waals surface area contributed by atoms with Crippen LogP contribution in [0.2, 0.25) is 0 Å². The molecule has 29 heavy (non-hydrogen) atoms. The van der Waals surface area contributed by atoms with Crippen LogP contribution in [0.5, 0.6) is 5.75 Å². The Morgan fingerprint density at radius 2 is 1.93 bits per heavy atom. The molecule has 0 saturated heterocycles. The zero-order valence-electron chi connectivity index (χ0n) is 15.0. The molecule has 0 saturated carbocycles. The number of nitro groups is 1. The second-order valence-corrected chi connectivity index (χ2v) is 6.99. The summed E-state index contributed by atoms with van der Waals surface area (Å²) in [6.45, 7) is 0.224. The molecule has 0 amide bonds. The third-order valence-corrected chi connectivity index (χ3v) is 4.56. The summed E-state index contributed by atoms with van der Waals surface area (Å²) in [7, 11) is 0. The van der Waals surface area contributed by atoms with Gasteiger partial charge in [0.1, 0.15) is 18.2 Å². The lowest BCUT2D eigenvalue weighted by atomic mass is 10.0. The number of nitro benzene ring substituents is 1. The molecule has 0 aromatic heterocycles. The molecular formula is C22H14BrFN2O3. The van der Waals surface area contributed by atoms with Crippen molar-refractivity contribution in [3.8, 4) is 11.8 Å². The standard InChI is InChI=1S/C22H14BrFN2O3/c23-19-6-9-22(29-14-15-4-7-20(24)8-5-15)17(11-19)10-18(13-25)16-2-1-3-21(12-16)26(27)28/h1-12H,14H2/b18-10-.